The Bertz CT molecular complexity index is 313. The summed E-state index contributed by atoms with van der Waals surface area (Å²) in [6, 6.07) is 0. The number of carboxylic acid groups (broad SMARTS) is 1. The molecule has 0 aromatic heterocycles. The number of hydrogen-bond acceptors (Lipinski definition) is 5. The van der Waals surface area contributed by atoms with Gasteiger partial charge in [0.05, 0.1) is 11.8 Å². The second-order valence-corrected chi connectivity index (χ2v) is 4.01. The predicted molar refractivity (Wildman–Crippen MR) is 56.4 cm³/mol. The summed E-state index contributed by atoms with van der Waals surface area (Å²) in [6.07, 6.45) is 1.37. The Morgan fingerprint density at radius 3 is 2.67 bits per heavy atom. The van der Waals surface area contributed by atoms with Gasteiger partial charge in [0, 0.05) is 6.54 Å². The molecule has 3 N–H and O–H groups in total. The van der Waals surface area contributed by atoms with E-state index in [0.29, 0.717) is 0 Å². The number of aliphatic hydroxyl groups is 1. The van der Waals surface area contributed by atoms with E-state index >= 15 is 0 Å². The average molecular weight is 231 g/mol. The quantitative estimate of drug-likeness (QED) is 0.392. The Labute approximate surface area is 92.6 Å². The van der Waals surface area contributed by atoms with Crippen molar-refractivity contribution in [2.24, 2.45) is 11.8 Å². The number of rotatable bonds is 4. The first-order chi connectivity index (χ1) is 6.93. The maximum absolute atomic E-state index is 11.7. The Hall–Kier alpha value is -1.01. The number of hydrogen-bond donors (Lipinski definition) is 4. The van der Waals surface area contributed by atoms with Gasteiger partial charge in [-0.15, -0.1) is 12.6 Å². The fourth-order valence-corrected chi connectivity index (χ4v) is 1.50. The summed E-state index contributed by atoms with van der Waals surface area (Å²) >= 11 is 3.77. The summed E-state index contributed by atoms with van der Waals surface area (Å²) in [5, 5.41) is 20.4. The van der Waals surface area contributed by atoms with Crippen LogP contribution in [0.2, 0.25) is 0 Å². The second kappa shape index (κ2) is 4.67. The van der Waals surface area contributed by atoms with Crippen LogP contribution in [0.5, 0.6) is 0 Å². The molecule has 0 fully saturated rings. The van der Waals surface area contributed by atoms with Crippen LogP contribution < -0.4 is 5.32 Å². The van der Waals surface area contributed by atoms with E-state index in [0.717, 1.165) is 0 Å². The largest absolute Gasteiger partial charge is 0.477 e. The maximum Gasteiger partial charge on any atom is 0.351 e. The molecular formula is C9H13NO4S. The molecule has 0 saturated heterocycles. The van der Waals surface area contributed by atoms with Gasteiger partial charge in [0.25, 0.3) is 0 Å². The number of aliphatic hydroxyl groups excluding tert-OH is 1. The van der Waals surface area contributed by atoms with Gasteiger partial charge in [0.1, 0.15) is 16.9 Å². The van der Waals surface area contributed by atoms with E-state index in [1.54, 1.807) is 6.92 Å². The van der Waals surface area contributed by atoms with Crippen molar-refractivity contribution in [3.05, 3.63) is 11.8 Å². The molecule has 1 rings (SSSR count). The van der Waals surface area contributed by atoms with E-state index in [4.69, 9.17) is 10.2 Å². The van der Waals surface area contributed by atoms with E-state index in [2.05, 4.69) is 17.9 Å². The first kappa shape index (κ1) is 12.1. The lowest BCUT2D eigenvalue weighted by atomic mass is 9.95. The van der Waals surface area contributed by atoms with Crippen LogP contribution in [-0.2, 0) is 9.59 Å². The van der Waals surface area contributed by atoms with Gasteiger partial charge in [0.15, 0.2) is 0 Å². The highest BCUT2D eigenvalue weighted by Crippen LogP contribution is 2.18. The van der Waals surface area contributed by atoms with Gasteiger partial charge in [0.2, 0.25) is 0 Å². The summed E-state index contributed by atoms with van der Waals surface area (Å²) < 4.78 is 0. The minimum Gasteiger partial charge on any atom is -0.477 e. The van der Waals surface area contributed by atoms with Crippen LogP contribution >= 0.6 is 12.6 Å². The van der Waals surface area contributed by atoms with Gasteiger partial charge in [-0.05, 0) is 6.08 Å². The SMILES string of the molecule is CC(C(=O)C1C=C(C(=O)O)NC1)C(O)S. The normalized spacial score (nSPS) is 23.9. The third-order valence-corrected chi connectivity index (χ3v) is 2.82. The number of thiol groups is 1. The molecule has 1 aliphatic rings. The number of aliphatic carboxylic acids is 1. The van der Waals surface area contributed by atoms with Crippen LogP contribution in [-0.4, -0.2) is 33.9 Å². The Morgan fingerprint density at radius 1 is 1.67 bits per heavy atom. The lowest BCUT2D eigenvalue weighted by Gasteiger charge is -2.15. The van der Waals surface area contributed by atoms with E-state index < -0.39 is 23.2 Å². The number of nitrogens with one attached hydrogen (secondary N) is 1. The second-order valence-electron chi connectivity index (χ2n) is 3.48. The van der Waals surface area contributed by atoms with Gasteiger partial charge in [-0.25, -0.2) is 4.79 Å². The number of Topliss-reactive ketones (excluding diaryl/α,β-unsaturated/α-hetero) is 1. The molecule has 0 radical (unpaired) electrons. The molecular weight excluding hydrogens is 218 g/mol. The molecule has 5 nitrogen and oxygen atoms in total. The van der Waals surface area contributed by atoms with E-state index in [-0.39, 0.29) is 18.0 Å². The number of ketones is 1. The average Bonchev–Trinajstić information content (AvgIpc) is 2.64. The first-order valence-electron chi connectivity index (χ1n) is 4.52. The van der Waals surface area contributed by atoms with Gasteiger partial charge in [-0.2, -0.15) is 0 Å². The molecule has 0 spiro atoms. The van der Waals surface area contributed by atoms with Crippen molar-refractivity contribution < 1.29 is 19.8 Å². The van der Waals surface area contributed by atoms with Crippen molar-refractivity contribution in [3.63, 3.8) is 0 Å². The molecule has 0 amide bonds. The van der Waals surface area contributed by atoms with Crippen LogP contribution in [0.3, 0.4) is 0 Å². The molecule has 6 heteroatoms. The van der Waals surface area contributed by atoms with E-state index in [1.807, 2.05) is 0 Å². The Morgan fingerprint density at radius 2 is 2.27 bits per heavy atom. The fraction of sp³-hybridized carbons (Fsp3) is 0.556. The smallest absolute Gasteiger partial charge is 0.351 e. The highest BCUT2D eigenvalue weighted by atomic mass is 32.1. The molecule has 3 atom stereocenters. The van der Waals surface area contributed by atoms with Gasteiger partial charge >= 0.3 is 5.97 Å². The van der Waals surface area contributed by atoms with Crippen molar-refractivity contribution in [1.29, 1.82) is 0 Å². The zero-order valence-electron chi connectivity index (χ0n) is 8.17. The van der Waals surface area contributed by atoms with E-state index in [1.165, 1.54) is 6.08 Å². The monoisotopic (exact) mass is 231 g/mol. The van der Waals surface area contributed by atoms with E-state index in [9.17, 15) is 9.59 Å². The third kappa shape index (κ3) is 2.73. The molecule has 84 valence electrons. The number of carbonyl (C=O) groups excluding carboxylic acids is 1. The van der Waals surface area contributed by atoms with Crippen molar-refractivity contribution in [3.8, 4) is 0 Å². The minimum atomic E-state index is -1.08. The van der Waals surface area contributed by atoms with Crippen molar-refractivity contribution in [1.82, 2.24) is 5.32 Å². The number of carboxylic acids is 1. The summed E-state index contributed by atoms with van der Waals surface area (Å²) in [6.45, 7) is 1.83. The third-order valence-electron chi connectivity index (χ3n) is 2.37. The van der Waals surface area contributed by atoms with Crippen LogP contribution in [0.25, 0.3) is 0 Å². The molecule has 0 saturated carbocycles. The summed E-state index contributed by atoms with van der Waals surface area (Å²) in [5.41, 5.74) is -0.978. The van der Waals surface area contributed by atoms with Crippen molar-refractivity contribution >= 4 is 24.4 Å². The van der Waals surface area contributed by atoms with Crippen LogP contribution in [0.15, 0.2) is 11.8 Å². The number of carbonyl (C=O) groups is 2. The zero-order valence-corrected chi connectivity index (χ0v) is 9.07. The molecule has 0 aromatic carbocycles. The summed E-state index contributed by atoms with van der Waals surface area (Å²) in [4.78, 5) is 22.2. The molecule has 0 aromatic rings. The standard InChI is InChI=1S/C9H13NO4S/c1-4(9(14)15)7(11)5-2-6(8(12)13)10-3-5/h2,4-5,9-10,14-15H,3H2,1H3,(H,12,13). The van der Waals surface area contributed by atoms with Crippen molar-refractivity contribution in [2.45, 2.75) is 12.4 Å². The molecule has 0 aliphatic carbocycles. The molecule has 1 heterocycles. The Kier molecular flexibility index (Phi) is 3.76. The van der Waals surface area contributed by atoms with Crippen LogP contribution in [0.4, 0.5) is 0 Å². The van der Waals surface area contributed by atoms with Gasteiger partial charge in [-0.1, -0.05) is 6.92 Å². The summed E-state index contributed by atoms with van der Waals surface area (Å²) in [5.74, 6) is -2.39. The highest BCUT2D eigenvalue weighted by Gasteiger charge is 2.30. The molecule has 0 bridgehead atoms. The minimum absolute atomic E-state index is 0.0363. The van der Waals surface area contributed by atoms with Gasteiger partial charge in [-0.3, -0.25) is 4.79 Å². The predicted octanol–water partition coefficient (Wildman–Crippen LogP) is -0.372. The van der Waals surface area contributed by atoms with Crippen LogP contribution in [0, 0.1) is 11.8 Å². The lowest BCUT2D eigenvalue weighted by Crippen LogP contribution is -2.29. The lowest BCUT2D eigenvalue weighted by molar-refractivity contribution is -0.133. The maximum atomic E-state index is 11.7. The fourth-order valence-electron chi connectivity index (χ4n) is 1.35. The van der Waals surface area contributed by atoms with Crippen molar-refractivity contribution in [2.75, 3.05) is 6.54 Å². The Balaban J connectivity index is 2.68. The molecule has 1 aliphatic heterocycles. The molecule has 15 heavy (non-hydrogen) atoms. The first-order valence-corrected chi connectivity index (χ1v) is 5.04. The highest BCUT2D eigenvalue weighted by molar-refractivity contribution is 7.80. The van der Waals surface area contributed by atoms with Crippen LogP contribution in [0.1, 0.15) is 6.92 Å². The topological polar surface area (TPSA) is 86.6 Å². The van der Waals surface area contributed by atoms with Gasteiger partial charge < -0.3 is 15.5 Å². The molecule has 3 unspecified atom stereocenters. The zero-order chi connectivity index (χ0) is 11.6. The summed E-state index contributed by atoms with van der Waals surface area (Å²) in [7, 11) is 0.